The van der Waals surface area contributed by atoms with Crippen molar-refractivity contribution >= 4 is 22.3 Å². The number of carbonyl (C=O) groups is 1. The molecule has 2 saturated carbocycles. The van der Waals surface area contributed by atoms with E-state index in [1.165, 1.54) is 17.8 Å². The lowest BCUT2D eigenvalue weighted by Crippen LogP contribution is -2.17. The molecule has 0 spiro atoms. The van der Waals surface area contributed by atoms with Crippen LogP contribution in [0.4, 0.5) is 0 Å². The summed E-state index contributed by atoms with van der Waals surface area (Å²) in [6, 6.07) is 0. The largest absolute Gasteiger partial charge is 0.481 e. The van der Waals surface area contributed by atoms with E-state index in [1.807, 2.05) is 4.52 Å². The summed E-state index contributed by atoms with van der Waals surface area (Å²) in [6.07, 6.45) is 6.22. The van der Waals surface area contributed by atoms with E-state index in [2.05, 4.69) is 15.3 Å². The third-order valence-corrected chi connectivity index (χ3v) is 5.68. The standard InChI is InChI=1S/C13H16N4O2S/c18-12(19)9-6-2-5-8(9)11-16-17-10(7-3-1-4-7)14-15-13(17)20-11/h7-9H,1-6H2,(H,18,19). The predicted octanol–water partition coefficient (Wildman–Crippen LogP) is 2.42. The Hall–Kier alpha value is -1.50. The fraction of sp³-hybridized carbons (Fsp3) is 0.692. The molecule has 0 aromatic carbocycles. The molecule has 0 amide bonds. The van der Waals surface area contributed by atoms with Crippen LogP contribution in [-0.4, -0.2) is 30.9 Å². The SMILES string of the molecule is O=C(O)C1CCCC1c1nn2c(C3CCC3)nnc2s1. The van der Waals surface area contributed by atoms with Gasteiger partial charge in [-0.1, -0.05) is 24.2 Å². The molecule has 2 unspecified atom stereocenters. The molecule has 2 aliphatic carbocycles. The van der Waals surface area contributed by atoms with Gasteiger partial charge in [0.25, 0.3) is 0 Å². The van der Waals surface area contributed by atoms with E-state index < -0.39 is 5.97 Å². The molecule has 106 valence electrons. The average Bonchev–Trinajstić information content (AvgIpc) is 3.00. The minimum Gasteiger partial charge on any atom is -0.481 e. The van der Waals surface area contributed by atoms with Crippen LogP contribution in [0.2, 0.25) is 0 Å². The summed E-state index contributed by atoms with van der Waals surface area (Å²) < 4.78 is 1.85. The van der Waals surface area contributed by atoms with Crippen molar-refractivity contribution in [3.05, 3.63) is 10.8 Å². The monoisotopic (exact) mass is 292 g/mol. The number of carboxylic acid groups (broad SMARTS) is 1. The van der Waals surface area contributed by atoms with Gasteiger partial charge in [-0.3, -0.25) is 4.79 Å². The van der Waals surface area contributed by atoms with Crippen molar-refractivity contribution in [3.8, 4) is 0 Å². The number of hydrogen-bond acceptors (Lipinski definition) is 5. The lowest BCUT2D eigenvalue weighted by Gasteiger charge is -2.22. The Morgan fingerprint density at radius 3 is 2.70 bits per heavy atom. The molecule has 6 nitrogen and oxygen atoms in total. The average molecular weight is 292 g/mol. The van der Waals surface area contributed by atoms with Gasteiger partial charge in [0.15, 0.2) is 5.82 Å². The minimum absolute atomic E-state index is 0.0495. The summed E-state index contributed by atoms with van der Waals surface area (Å²) in [5, 5.41) is 23.3. The zero-order valence-corrected chi connectivity index (χ0v) is 11.8. The van der Waals surface area contributed by atoms with Crippen LogP contribution in [0.5, 0.6) is 0 Å². The molecular formula is C13H16N4O2S. The summed E-state index contributed by atoms with van der Waals surface area (Å²) >= 11 is 1.50. The fourth-order valence-electron chi connectivity index (χ4n) is 3.27. The number of fused-ring (bicyclic) bond motifs is 1. The van der Waals surface area contributed by atoms with Gasteiger partial charge < -0.3 is 5.11 Å². The molecule has 0 bridgehead atoms. The van der Waals surface area contributed by atoms with Crippen molar-refractivity contribution in [3.63, 3.8) is 0 Å². The molecule has 2 fully saturated rings. The first-order valence-electron chi connectivity index (χ1n) is 7.19. The highest BCUT2D eigenvalue weighted by atomic mass is 32.1. The van der Waals surface area contributed by atoms with E-state index >= 15 is 0 Å². The highest BCUT2D eigenvalue weighted by Gasteiger charge is 2.37. The second-order valence-electron chi connectivity index (χ2n) is 5.80. The normalized spacial score (nSPS) is 27.0. The lowest BCUT2D eigenvalue weighted by atomic mass is 9.85. The van der Waals surface area contributed by atoms with Gasteiger partial charge in [-0.25, -0.2) is 0 Å². The van der Waals surface area contributed by atoms with Crippen molar-refractivity contribution in [1.29, 1.82) is 0 Å². The molecule has 7 heteroatoms. The molecule has 2 aliphatic rings. The van der Waals surface area contributed by atoms with Crippen LogP contribution < -0.4 is 0 Å². The van der Waals surface area contributed by atoms with Crippen LogP contribution >= 0.6 is 11.3 Å². The van der Waals surface area contributed by atoms with Crippen molar-refractivity contribution < 1.29 is 9.90 Å². The maximum Gasteiger partial charge on any atom is 0.307 e. The van der Waals surface area contributed by atoms with E-state index in [9.17, 15) is 9.90 Å². The Kier molecular flexibility index (Phi) is 2.76. The summed E-state index contributed by atoms with van der Waals surface area (Å²) in [5.41, 5.74) is 0. The first-order chi connectivity index (χ1) is 9.74. The number of aliphatic carboxylic acids is 1. The van der Waals surface area contributed by atoms with Gasteiger partial charge in [0.1, 0.15) is 5.01 Å². The minimum atomic E-state index is -0.697. The second kappa shape index (κ2) is 4.51. The Morgan fingerprint density at radius 2 is 2.00 bits per heavy atom. The van der Waals surface area contributed by atoms with E-state index in [-0.39, 0.29) is 11.8 Å². The molecule has 0 radical (unpaired) electrons. The van der Waals surface area contributed by atoms with Crippen molar-refractivity contribution in [2.24, 2.45) is 5.92 Å². The molecule has 2 atom stereocenters. The number of carboxylic acids is 1. The number of rotatable bonds is 3. The second-order valence-corrected chi connectivity index (χ2v) is 6.79. The molecule has 2 aromatic heterocycles. The molecule has 20 heavy (non-hydrogen) atoms. The van der Waals surface area contributed by atoms with Crippen molar-refractivity contribution in [2.45, 2.75) is 50.4 Å². The van der Waals surface area contributed by atoms with Gasteiger partial charge in [0.05, 0.1) is 5.92 Å². The Bertz CT molecular complexity index is 660. The highest BCUT2D eigenvalue weighted by Crippen LogP contribution is 2.42. The van der Waals surface area contributed by atoms with Crippen LogP contribution in [0.25, 0.3) is 4.96 Å². The first-order valence-corrected chi connectivity index (χ1v) is 8.00. The van der Waals surface area contributed by atoms with Gasteiger partial charge in [-0.2, -0.15) is 9.61 Å². The van der Waals surface area contributed by atoms with E-state index in [1.54, 1.807) is 0 Å². The molecule has 4 rings (SSSR count). The van der Waals surface area contributed by atoms with Crippen LogP contribution in [0.1, 0.15) is 61.2 Å². The lowest BCUT2D eigenvalue weighted by molar-refractivity contribution is -0.142. The molecule has 1 N–H and O–H groups in total. The zero-order chi connectivity index (χ0) is 13.7. The molecule has 0 aliphatic heterocycles. The summed E-state index contributed by atoms with van der Waals surface area (Å²) in [6.45, 7) is 0. The van der Waals surface area contributed by atoms with Gasteiger partial charge in [0, 0.05) is 11.8 Å². The van der Waals surface area contributed by atoms with Crippen LogP contribution in [-0.2, 0) is 4.79 Å². The maximum absolute atomic E-state index is 11.3. The third-order valence-electron chi connectivity index (χ3n) is 4.65. The van der Waals surface area contributed by atoms with Gasteiger partial charge in [-0.05, 0) is 25.7 Å². The topological polar surface area (TPSA) is 80.4 Å². The predicted molar refractivity (Wildman–Crippen MR) is 73.0 cm³/mol. The molecule has 0 saturated heterocycles. The van der Waals surface area contributed by atoms with Crippen molar-refractivity contribution in [1.82, 2.24) is 19.8 Å². The number of nitrogens with zero attached hydrogens (tertiary/aromatic N) is 4. The number of hydrogen-bond donors (Lipinski definition) is 1. The Balaban J connectivity index is 1.70. The van der Waals surface area contributed by atoms with Crippen LogP contribution in [0.3, 0.4) is 0 Å². The van der Waals surface area contributed by atoms with Gasteiger partial charge in [-0.15, -0.1) is 10.2 Å². The first kappa shape index (κ1) is 12.3. The summed E-state index contributed by atoms with van der Waals surface area (Å²) in [5.74, 6) is 0.509. The Labute approximate surface area is 119 Å². The zero-order valence-electron chi connectivity index (χ0n) is 11.0. The van der Waals surface area contributed by atoms with Crippen LogP contribution in [0, 0.1) is 5.92 Å². The van der Waals surface area contributed by atoms with Gasteiger partial charge in [0.2, 0.25) is 4.96 Å². The van der Waals surface area contributed by atoms with E-state index in [0.29, 0.717) is 5.92 Å². The smallest absolute Gasteiger partial charge is 0.307 e. The highest BCUT2D eigenvalue weighted by molar-refractivity contribution is 7.16. The third kappa shape index (κ3) is 1.76. The van der Waals surface area contributed by atoms with Crippen LogP contribution in [0.15, 0.2) is 0 Å². The molecule has 2 aromatic rings. The summed E-state index contributed by atoms with van der Waals surface area (Å²) in [7, 11) is 0. The fourth-order valence-corrected chi connectivity index (χ4v) is 4.31. The van der Waals surface area contributed by atoms with Gasteiger partial charge >= 0.3 is 5.97 Å². The number of aromatic nitrogens is 4. The molecule has 2 heterocycles. The quantitative estimate of drug-likeness (QED) is 0.939. The maximum atomic E-state index is 11.3. The van der Waals surface area contributed by atoms with E-state index in [4.69, 9.17) is 0 Å². The van der Waals surface area contributed by atoms with E-state index in [0.717, 1.165) is 47.9 Å². The molecular weight excluding hydrogens is 276 g/mol. The summed E-state index contributed by atoms with van der Waals surface area (Å²) in [4.78, 5) is 12.1. The van der Waals surface area contributed by atoms with Crippen molar-refractivity contribution in [2.75, 3.05) is 0 Å². The Morgan fingerprint density at radius 1 is 1.20 bits per heavy atom.